The molecule has 1 N–H and O–H groups in total. The summed E-state index contributed by atoms with van der Waals surface area (Å²) < 4.78 is 49.7. The molecule has 158 valence electrons. The summed E-state index contributed by atoms with van der Waals surface area (Å²) in [5.41, 5.74) is 0.520. The first kappa shape index (κ1) is 21.1. The highest BCUT2D eigenvalue weighted by Gasteiger charge is 2.39. The average Bonchev–Trinajstić information content (AvgIpc) is 3.07. The fourth-order valence-electron chi connectivity index (χ4n) is 3.70. The first-order valence-corrected chi connectivity index (χ1v) is 9.33. The van der Waals surface area contributed by atoms with Crippen molar-refractivity contribution < 1.29 is 31.9 Å². The second kappa shape index (κ2) is 8.38. The number of piperidine rings is 1. The maximum Gasteiger partial charge on any atom is 0.405 e. The zero-order chi connectivity index (χ0) is 21.2. The Hall–Kier alpha value is -2.65. The molecule has 1 aromatic carbocycles. The fourth-order valence-corrected chi connectivity index (χ4v) is 3.70. The van der Waals surface area contributed by atoms with E-state index in [1.165, 1.54) is 29.2 Å². The minimum absolute atomic E-state index is 0.0439. The van der Waals surface area contributed by atoms with Gasteiger partial charge in [-0.2, -0.15) is 13.2 Å². The fraction of sp³-hybridized carbons (Fsp3) is 0.526. The highest BCUT2D eigenvalue weighted by molar-refractivity contribution is 6.00. The number of hydrogen-bond donors (Lipinski definition) is 1. The number of carbonyl (C=O) groups is 3. The van der Waals surface area contributed by atoms with E-state index in [0.29, 0.717) is 5.69 Å². The zero-order valence-corrected chi connectivity index (χ0v) is 15.5. The van der Waals surface area contributed by atoms with Crippen LogP contribution in [0.5, 0.6) is 0 Å². The molecule has 0 radical (unpaired) electrons. The predicted octanol–water partition coefficient (Wildman–Crippen LogP) is 2.10. The lowest BCUT2D eigenvalue weighted by atomic mass is 9.94. The van der Waals surface area contributed by atoms with Crippen molar-refractivity contribution in [2.75, 3.05) is 31.1 Å². The summed E-state index contributed by atoms with van der Waals surface area (Å²) in [5, 5.41) is 1.88. The molecular formula is C19H21F4N3O3. The van der Waals surface area contributed by atoms with E-state index in [9.17, 15) is 31.9 Å². The number of benzene rings is 1. The molecule has 0 saturated carbocycles. The van der Waals surface area contributed by atoms with E-state index in [-0.39, 0.29) is 50.7 Å². The third-order valence-corrected chi connectivity index (χ3v) is 5.25. The maximum atomic E-state index is 13.1. The maximum absolute atomic E-state index is 13.1. The van der Waals surface area contributed by atoms with Gasteiger partial charge in [0, 0.05) is 37.7 Å². The molecule has 0 spiro atoms. The summed E-state index contributed by atoms with van der Waals surface area (Å²) in [5.74, 6) is -2.62. The molecule has 29 heavy (non-hydrogen) atoms. The summed E-state index contributed by atoms with van der Waals surface area (Å²) in [4.78, 5) is 39.9. The first-order chi connectivity index (χ1) is 13.6. The van der Waals surface area contributed by atoms with Crippen molar-refractivity contribution in [2.24, 2.45) is 11.8 Å². The molecule has 1 aromatic rings. The average molecular weight is 415 g/mol. The molecule has 2 fully saturated rings. The summed E-state index contributed by atoms with van der Waals surface area (Å²) >= 11 is 0. The van der Waals surface area contributed by atoms with Crippen molar-refractivity contribution in [3.05, 3.63) is 30.1 Å². The van der Waals surface area contributed by atoms with E-state index in [0.717, 1.165) is 0 Å². The van der Waals surface area contributed by atoms with Crippen LogP contribution < -0.4 is 10.2 Å². The van der Waals surface area contributed by atoms with Gasteiger partial charge in [0.1, 0.15) is 12.4 Å². The number of anilines is 1. The Bertz CT molecular complexity index is 774. The molecule has 2 aliphatic rings. The molecular weight excluding hydrogens is 394 g/mol. The van der Waals surface area contributed by atoms with Gasteiger partial charge < -0.3 is 15.1 Å². The number of rotatable bonds is 4. The minimum Gasteiger partial charge on any atom is -0.347 e. The first-order valence-electron chi connectivity index (χ1n) is 9.33. The van der Waals surface area contributed by atoms with Crippen molar-refractivity contribution in [2.45, 2.75) is 25.4 Å². The van der Waals surface area contributed by atoms with Crippen molar-refractivity contribution in [1.82, 2.24) is 10.2 Å². The van der Waals surface area contributed by atoms with Crippen LogP contribution in [0.4, 0.5) is 23.2 Å². The molecule has 2 saturated heterocycles. The third kappa shape index (κ3) is 5.24. The number of amides is 3. The van der Waals surface area contributed by atoms with Crippen LogP contribution in [0.15, 0.2) is 24.3 Å². The smallest absolute Gasteiger partial charge is 0.347 e. The van der Waals surface area contributed by atoms with Gasteiger partial charge in [-0.05, 0) is 37.1 Å². The van der Waals surface area contributed by atoms with Gasteiger partial charge in [-0.25, -0.2) is 4.39 Å². The van der Waals surface area contributed by atoms with Gasteiger partial charge in [0.15, 0.2) is 0 Å². The van der Waals surface area contributed by atoms with Gasteiger partial charge in [-0.15, -0.1) is 0 Å². The lowest BCUT2D eigenvalue weighted by Crippen LogP contribution is -2.46. The highest BCUT2D eigenvalue weighted by Crippen LogP contribution is 2.28. The van der Waals surface area contributed by atoms with E-state index in [1.54, 1.807) is 4.90 Å². The molecule has 2 heterocycles. The molecule has 0 aromatic heterocycles. The van der Waals surface area contributed by atoms with Crippen LogP contribution >= 0.6 is 0 Å². The van der Waals surface area contributed by atoms with Gasteiger partial charge in [0.05, 0.1) is 5.92 Å². The Morgan fingerprint density at radius 2 is 1.69 bits per heavy atom. The van der Waals surface area contributed by atoms with Crippen LogP contribution in [0.25, 0.3) is 0 Å². The van der Waals surface area contributed by atoms with E-state index >= 15 is 0 Å². The van der Waals surface area contributed by atoms with E-state index in [4.69, 9.17) is 0 Å². The number of likely N-dealkylation sites (tertiary alicyclic amines) is 1. The molecule has 1 atom stereocenters. The number of halogens is 4. The molecule has 0 aliphatic carbocycles. The Balaban J connectivity index is 1.51. The van der Waals surface area contributed by atoms with E-state index in [2.05, 4.69) is 0 Å². The van der Waals surface area contributed by atoms with Gasteiger partial charge in [-0.3, -0.25) is 14.4 Å². The molecule has 0 bridgehead atoms. The number of nitrogens with one attached hydrogen (secondary N) is 1. The monoisotopic (exact) mass is 415 g/mol. The molecule has 2 aliphatic heterocycles. The number of nitrogens with zero attached hydrogens (tertiary/aromatic N) is 2. The third-order valence-electron chi connectivity index (χ3n) is 5.25. The van der Waals surface area contributed by atoms with E-state index in [1.807, 2.05) is 5.32 Å². The Kier molecular flexibility index (Phi) is 6.09. The number of hydrogen-bond acceptors (Lipinski definition) is 3. The van der Waals surface area contributed by atoms with Crippen molar-refractivity contribution in [3.63, 3.8) is 0 Å². The predicted molar refractivity (Wildman–Crippen MR) is 95.2 cm³/mol. The summed E-state index contributed by atoms with van der Waals surface area (Å²) in [7, 11) is 0. The number of alkyl halides is 3. The van der Waals surface area contributed by atoms with Crippen LogP contribution in [0.1, 0.15) is 19.3 Å². The van der Waals surface area contributed by atoms with Gasteiger partial charge in [-0.1, -0.05) is 0 Å². The minimum atomic E-state index is -4.46. The Morgan fingerprint density at radius 1 is 1.07 bits per heavy atom. The Morgan fingerprint density at radius 3 is 2.28 bits per heavy atom. The van der Waals surface area contributed by atoms with Crippen LogP contribution in [-0.2, 0) is 14.4 Å². The Labute approximate surface area is 164 Å². The van der Waals surface area contributed by atoms with Crippen molar-refractivity contribution >= 4 is 23.4 Å². The van der Waals surface area contributed by atoms with Crippen molar-refractivity contribution in [3.8, 4) is 0 Å². The molecule has 10 heteroatoms. The van der Waals surface area contributed by atoms with Crippen LogP contribution in [0, 0.1) is 17.7 Å². The molecule has 3 amide bonds. The largest absolute Gasteiger partial charge is 0.405 e. The van der Waals surface area contributed by atoms with Crippen LogP contribution in [0.2, 0.25) is 0 Å². The summed E-state index contributed by atoms with van der Waals surface area (Å²) in [6.45, 7) is -0.669. The highest BCUT2D eigenvalue weighted by atomic mass is 19.4. The number of carbonyl (C=O) groups excluding carboxylic acids is 3. The standard InChI is InChI=1S/C19H21F4N3O3/c20-14-1-3-15(4-2-14)26-10-13(9-16(26)27)18(29)25-7-5-12(6-8-25)17(28)24-11-19(21,22)23/h1-4,12-13H,5-11H2,(H,24,28). The van der Waals surface area contributed by atoms with Crippen molar-refractivity contribution in [1.29, 1.82) is 0 Å². The normalized spacial score (nSPS) is 20.8. The molecule has 3 rings (SSSR count). The lowest BCUT2D eigenvalue weighted by Gasteiger charge is -2.33. The summed E-state index contributed by atoms with van der Waals surface area (Å²) in [6, 6.07) is 5.44. The van der Waals surface area contributed by atoms with Crippen LogP contribution in [0.3, 0.4) is 0 Å². The lowest BCUT2D eigenvalue weighted by molar-refractivity contribution is -0.143. The van der Waals surface area contributed by atoms with Crippen LogP contribution in [-0.4, -0.2) is 55.0 Å². The quantitative estimate of drug-likeness (QED) is 0.766. The summed E-state index contributed by atoms with van der Waals surface area (Å²) in [6.07, 6.45) is -3.87. The second-order valence-electron chi connectivity index (χ2n) is 7.31. The SMILES string of the molecule is O=C(NCC(F)(F)F)C1CCN(C(=O)C2CC(=O)N(c3ccc(F)cc3)C2)CC1. The zero-order valence-electron chi connectivity index (χ0n) is 15.5. The molecule has 6 nitrogen and oxygen atoms in total. The van der Waals surface area contributed by atoms with Gasteiger partial charge in [0.2, 0.25) is 17.7 Å². The topological polar surface area (TPSA) is 69.7 Å². The molecule has 1 unspecified atom stereocenters. The second-order valence-corrected chi connectivity index (χ2v) is 7.31. The van der Waals surface area contributed by atoms with Gasteiger partial charge >= 0.3 is 6.18 Å². The van der Waals surface area contributed by atoms with Gasteiger partial charge in [0.25, 0.3) is 0 Å². The van der Waals surface area contributed by atoms with E-state index < -0.39 is 36.3 Å².